The van der Waals surface area contributed by atoms with E-state index >= 15 is 0 Å². The van der Waals surface area contributed by atoms with Crippen LogP contribution < -0.4 is 15.3 Å². The first kappa shape index (κ1) is 23.2. The highest BCUT2D eigenvalue weighted by atomic mass is 32.2. The van der Waals surface area contributed by atoms with Gasteiger partial charge in [0, 0.05) is 28.2 Å². The molecule has 0 aromatic carbocycles. The number of aliphatic hydroxyl groups is 1. The molecule has 1 atom stereocenters. The van der Waals surface area contributed by atoms with Gasteiger partial charge in [-0.1, -0.05) is 31.3 Å². The zero-order valence-electron chi connectivity index (χ0n) is 18.0. The summed E-state index contributed by atoms with van der Waals surface area (Å²) < 4.78 is 31.9. The van der Waals surface area contributed by atoms with E-state index in [0.29, 0.717) is 17.7 Å². The summed E-state index contributed by atoms with van der Waals surface area (Å²) in [5, 5.41) is 22.0. The number of rotatable bonds is 6. The van der Waals surface area contributed by atoms with Crippen molar-refractivity contribution in [1.29, 1.82) is 5.26 Å². The maximum Gasteiger partial charge on any atom is 0.271 e. The van der Waals surface area contributed by atoms with Gasteiger partial charge in [-0.3, -0.25) is 4.55 Å². The number of allylic oxidation sites excluding steroid dienone is 4. The first-order chi connectivity index (χ1) is 15.1. The predicted molar refractivity (Wildman–Crippen MR) is 136 cm³/mol. The number of nitriles is 1. The number of anilines is 1. The maximum absolute atomic E-state index is 11.3. The minimum absolute atomic E-state index is 0.116. The van der Waals surface area contributed by atoms with E-state index in [2.05, 4.69) is 36.2 Å². The molecule has 2 aromatic heterocycles. The van der Waals surface area contributed by atoms with E-state index in [1.807, 2.05) is 13.1 Å². The zero-order valence-corrected chi connectivity index (χ0v) is 21.4. The average molecular weight is 505 g/mol. The Balaban J connectivity index is 1.67. The number of fused-ring (bicyclic) bond motifs is 3. The van der Waals surface area contributed by atoms with Crippen molar-refractivity contribution in [2.75, 3.05) is 25.1 Å². The van der Waals surface area contributed by atoms with E-state index in [0.717, 1.165) is 9.88 Å². The minimum atomic E-state index is -4.13. The lowest BCUT2D eigenvalue weighted by molar-refractivity contribution is 0.304. The lowest BCUT2D eigenvalue weighted by Gasteiger charge is -2.18. The van der Waals surface area contributed by atoms with Crippen LogP contribution in [0.15, 0.2) is 41.5 Å². The standard InChI is InChI=1S/C22H24N2O4S3Si/c1-24(8-9-25)20-12-19-22(30-20)21-18(32(19,2)3)11-16(29-21)10-15(13-23)14-4-6-17(7-5-14)31(26,27)28/h4-6,10-12,17,25H,7-9H2,1-3H3,(H,26,27,28)/b15-10+. The van der Waals surface area contributed by atoms with Gasteiger partial charge in [0.15, 0.2) is 0 Å². The molecular formula is C22H24N2O4S3Si. The third kappa shape index (κ3) is 4.05. The average Bonchev–Trinajstić information content (AvgIpc) is 3.40. The number of nitrogens with zero attached hydrogens (tertiary/aromatic N) is 2. The summed E-state index contributed by atoms with van der Waals surface area (Å²) in [6.07, 6.45) is 6.73. The third-order valence-corrected chi connectivity index (χ3v) is 13.5. The van der Waals surface area contributed by atoms with Gasteiger partial charge in [0.05, 0.1) is 23.3 Å². The number of likely N-dealkylation sites (N-methyl/N-ethyl adjacent to an activating group) is 1. The molecule has 0 saturated heterocycles. The van der Waals surface area contributed by atoms with Gasteiger partial charge in [-0.05, 0) is 40.6 Å². The maximum atomic E-state index is 11.3. The van der Waals surface area contributed by atoms with Crippen molar-refractivity contribution in [3.63, 3.8) is 0 Å². The summed E-state index contributed by atoms with van der Waals surface area (Å²) >= 11 is 3.44. The van der Waals surface area contributed by atoms with E-state index < -0.39 is 23.4 Å². The van der Waals surface area contributed by atoms with Crippen LogP contribution in [-0.4, -0.2) is 51.6 Å². The first-order valence-electron chi connectivity index (χ1n) is 10.1. The van der Waals surface area contributed by atoms with Crippen LogP contribution in [0, 0.1) is 11.3 Å². The fourth-order valence-electron chi connectivity index (χ4n) is 4.06. The molecule has 0 fully saturated rings. The van der Waals surface area contributed by atoms with E-state index in [1.165, 1.54) is 26.2 Å². The normalized spacial score (nSPS) is 19.3. The highest BCUT2D eigenvalue weighted by Gasteiger charge is 2.41. The molecule has 6 nitrogen and oxygen atoms in total. The Labute approximate surface area is 197 Å². The van der Waals surface area contributed by atoms with Crippen LogP contribution in [0.1, 0.15) is 11.3 Å². The summed E-state index contributed by atoms with van der Waals surface area (Å²) in [5.41, 5.74) is 1.14. The van der Waals surface area contributed by atoms with Crippen molar-refractivity contribution < 1.29 is 18.1 Å². The second kappa shape index (κ2) is 8.41. The van der Waals surface area contributed by atoms with Crippen LogP contribution in [0.3, 0.4) is 0 Å². The molecular weight excluding hydrogens is 481 g/mol. The summed E-state index contributed by atoms with van der Waals surface area (Å²) in [6.45, 7) is 5.39. The van der Waals surface area contributed by atoms with Gasteiger partial charge in [-0.2, -0.15) is 13.7 Å². The van der Waals surface area contributed by atoms with Gasteiger partial charge in [0.25, 0.3) is 10.1 Å². The second-order valence-corrected chi connectivity index (χ2v) is 16.5. The molecule has 2 aromatic rings. The molecule has 2 N–H and O–H groups in total. The van der Waals surface area contributed by atoms with Crippen LogP contribution in [0.25, 0.3) is 15.8 Å². The smallest absolute Gasteiger partial charge is 0.271 e. The Morgan fingerprint density at radius 3 is 2.59 bits per heavy atom. The molecule has 0 spiro atoms. The molecule has 4 rings (SSSR count). The van der Waals surface area contributed by atoms with Crippen molar-refractivity contribution in [1.82, 2.24) is 0 Å². The molecule has 0 bridgehead atoms. The largest absolute Gasteiger partial charge is 0.395 e. The minimum Gasteiger partial charge on any atom is -0.395 e. The molecule has 2 aliphatic rings. The fourth-order valence-corrected chi connectivity index (χ4v) is 11.8. The molecule has 168 valence electrons. The predicted octanol–water partition coefficient (Wildman–Crippen LogP) is 3.09. The lowest BCUT2D eigenvalue weighted by atomic mass is 9.99. The molecule has 1 aliphatic heterocycles. The summed E-state index contributed by atoms with van der Waals surface area (Å²) in [7, 11) is -3.98. The zero-order chi connectivity index (χ0) is 23.3. The van der Waals surface area contributed by atoms with Crippen LogP contribution in [0.2, 0.25) is 13.1 Å². The van der Waals surface area contributed by atoms with Crippen molar-refractivity contribution in [2.45, 2.75) is 24.8 Å². The SMILES string of the molecule is CN(CCO)c1cc2c(s1)-c1sc(/C=C(\C#N)C3=CCC(S(=O)(=O)O)C=C3)cc1[Si]2(C)C. The molecule has 0 saturated carbocycles. The summed E-state index contributed by atoms with van der Waals surface area (Å²) in [4.78, 5) is 5.65. The number of aliphatic hydroxyl groups excluding tert-OH is 1. The third-order valence-electron chi connectivity index (χ3n) is 6.00. The van der Waals surface area contributed by atoms with Crippen molar-refractivity contribution in [2.24, 2.45) is 0 Å². The number of thiophene rings is 2. The van der Waals surface area contributed by atoms with Gasteiger partial charge in [0.2, 0.25) is 0 Å². The molecule has 1 unspecified atom stereocenters. The number of hydrogen-bond donors (Lipinski definition) is 2. The van der Waals surface area contributed by atoms with Crippen LogP contribution >= 0.6 is 22.7 Å². The Hall–Kier alpha value is -2.00. The molecule has 3 heterocycles. The van der Waals surface area contributed by atoms with Gasteiger partial charge in [0.1, 0.15) is 13.3 Å². The van der Waals surface area contributed by atoms with Crippen LogP contribution in [-0.2, 0) is 10.1 Å². The van der Waals surface area contributed by atoms with Crippen molar-refractivity contribution >= 4 is 62.3 Å². The molecule has 10 heteroatoms. The summed E-state index contributed by atoms with van der Waals surface area (Å²) in [6, 6.07) is 6.70. The topological polar surface area (TPSA) is 102 Å². The number of hydrogen-bond acceptors (Lipinski definition) is 7. The van der Waals surface area contributed by atoms with Crippen molar-refractivity contribution in [3.05, 3.63) is 46.4 Å². The van der Waals surface area contributed by atoms with E-state index in [1.54, 1.807) is 34.8 Å². The highest BCUT2D eigenvalue weighted by molar-refractivity contribution is 7.86. The molecule has 1 aliphatic carbocycles. The fraction of sp³-hybridized carbons (Fsp3) is 0.318. The first-order valence-corrected chi connectivity index (χ1v) is 16.3. The quantitative estimate of drug-likeness (QED) is 0.356. The van der Waals surface area contributed by atoms with Crippen LogP contribution in [0.5, 0.6) is 0 Å². The Morgan fingerprint density at radius 1 is 1.31 bits per heavy atom. The molecule has 32 heavy (non-hydrogen) atoms. The van der Waals surface area contributed by atoms with Gasteiger partial charge in [-0.15, -0.1) is 22.7 Å². The van der Waals surface area contributed by atoms with E-state index in [-0.39, 0.29) is 13.0 Å². The summed E-state index contributed by atoms with van der Waals surface area (Å²) in [5.74, 6) is 0. The Kier molecular flexibility index (Phi) is 6.09. The van der Waals surface area contributed by atoms with Gasteiger partial charge < -0.3 is 10.0 Å². The molecule has 0 radical (unpaired) electrons. The second-order valence-electron chi connectivity index (χ2n) is 8.47. The highest BCUT2D eigenvalue weighted by Crippen LogP contribution is 2.42. The van der Waals surface area contributed by atoms with Crippen LogP contribution in [0.4, 0.5) is 5.00 Å². The van der Waals surface area contributed by atoms with Gasteiger partial charge >= 0.3 is 0 Å². The van der Waals surface area contributed by atoms with Crippen molar-refractivity contribution in [3.8, 4) is 15.8 Å². The Morgan fingerprint density at radius 2 is 2.00 bits per heavy atom. The van der Waals surface area contributed by atoms with Gasteiger partial charge in [-0.25, -0.2) is 0 Å². The monoisotopic (exact) mass is 504 g/mol. The Bertz CT molecular complexity index is 1310. The lowest BCUT2D eigenvalue weighted by Crippen LogP contribution is -2.48. The van der Waals surface area contributed by atoms with E-state index in [4.69, 9.17) is 0 Å². The van der Waals surface area contributed by atoms with E-state index in [9.17, 15) is 23.3 Å². The molecule has 0 amide bonds.